The number of carbonyl (C=O) groups excluding carboxylic acids is 2. The topological polar surface area (TPSA) is 109 Å². The molecule has 1 aromatic heterocycles. The van der Waals surface area contributed by atoms with Crippen LogP contribution < -0.4 is 20.3 Å². The van der Waals surface area contributed by atoms with Crippen molar-refractivity contribution < 1.29 is 23.8 Å². The molecule has 1 heterocycles. The highest BCUT2D eigenvalue weighted by Crippen LogP contribution is 2.32. The zero-order valence-corrected chi connectivity index (χ0v) is 15.9. The minimum atomic E-state index is -0.812. The van der Waals surface area contributed by atoms with Gasteiger partial charge >= 0.3 is 5.97 Å². The van der Waals surface area contributed by atoms with E-state index in [1.54, 1.807) is 26.0 Å². The van der Waals surface area contributed by atoms with E-state index >= 15 is 0 Å². The summed E-state index contributed by atoms with van der Waals surface area (Å²) in [7, 11) is 4.15. The van der Waals surface area contributed by atoms with Crippen molar-refractivity contribution in [3.63, 3.8) is 0 Å². The van der Waals surface area contributed by atoms with Crippen LogP contribution in [0.5, 0.6) is 11.5 Å². The third kappa shape index (κ3) is 4.18. The normalized spacial score (nSPS) is 11.9. The molecule has 2 aromatic rings. The Morgan fingerprint density at radius 1 is 1.19 bits per heavy atom. The molecule has 0 saturated carbocycles. The first-order valence-corrected chi connectivity index (χ1v) is 8.32. The number of aromatic nitrogens is 2. The summed E-state index contributed by atoms with van der Waals surface area (Å²) in [6.07, 6.45) is 1.46. The summed E-state index contributed by atoms with van der Waals surface area (Å²) in [6, 6.07) is 2.54. The minimum absolute atomic E-state index is 0.174. The van der Waals surface area contributed by atoms with Crippen molar-refractivity contribution in [2.45, 2.75) is 26.4 Å². The molecule has 146 valence electrons. The predicted octanol–water partition coefficient (Wildman–Crippen LogP) is 0.727. The number of amides is 1. The fraction of sp³-hybridized carbons (Fsp3) is 0.444. The Balaban J connectivity index is 2.36. The summed E-state index contributed by atoms with van der Waals surface area (Å²) in [5, 5.41) is 7.41. The van der Waals surface area contributed by atoms with Gasteiger partial charge < -0.3 is 19.5 Å². The molecule has 9 heteroatoms. The fourth-order valence-electron chi connectivity index (χ4n) is 2.68. The van der Waals surface area contributed by atoms with Crippen LogP contribution in [-0.2, 0) is 20.9 Å². The first-order chi connectivity index (χ1) is 12.8. The molecule has 0 unspecified atom stereocenters. The van der Waals surface area contributed by atoms with Crippen molar-refractivity contribution in [2.24, 2.45) is 5.92 Å². The predicted molar refractivity (Wildman–Crippen MR) is 97.9 cm³/mol. The van der Waals surface area contributed by atoms with Crippen LogP contribution in [-0.4, -0.2) is 49.0 Å². The number of methoxy groups -OCH3 is 3. The van der Waals surface area contributed by atoms with Gasteiger partial charge in [0.15, 0.2) is 11.5 Å². The van der Waals surface area contributed by atoms with Crippen molar-refractivity contribution in [1.29, 1.82) is 0 Å². The van der Waals surface area contributed by atoms with E-state index in [4.69, 9.17) is 14.2 Å². The molecule has 0 radical (unpaired) electrons. The van der Waals surface area contributed by atoms with Crippen LogP contribution in [0.15, 0.2) is 23.1 Å². The lowest BCUT2D eigenvalue weighted by Crippen LogP contribution is -2.47. The van der Waals surface area contributed by atoms with Crippen molar-refractivity contribution >= 4 is 22.6 Å². The Hall–Kier alpha value is -3.10. The summed E-state index contributed by atoms with van der Waals surface area (Å²) >= 11 is 0. The van der Waals surface area contributed by atoms with E-state index in [-0.39, 0.29) is 23.6 Å². The maximum Gasteiger partial charge on any atom is 0.328 e. The van der Waals surface area contributed by atoms with Gasteiger partial charge in [-0.25, -0.2) is 9.48 Å². The molecule has 1 aromatic carbocycles. The monoisotopic (exact) mass is 377 g/mol. The summed E-state index contributed by atoms with van der Waals surface area (Å²) in [5.74, 6) is -0.591. The summed E-state index contributed by atoms with van der Waals surface area (Å²) in [5.41, 5.74) is -0.502. The number of benzene rings is 1. The molecular formula is C18H23N3O6. The number of carbonyl (C=O) groups is 2. The average Bonchev–Trinajstić information content (AvgIpc) is 2.66. The van der Waals surface area contributed by atoms with Crippen LogP contribution in [0, 0.1) is 5.92 Å². The lowest BCUT2D eigenvalue weighted by molar-refractivity contribution is -0.146. The van der Waals surface area contributed by atoms with Gasteiger partial charge in [-0.2, -0.15) is 5.10 Å². The number of nitrogens with zero attached hydrogens (tertiary/aromatic N) is 2. The van der Waals surface area contributed by atoms with E-state index in [2.05, 4.69) is 10.4 Å². The van der Waals surface area contributed by atoms with E-state index in [0.717, 1.165) is 4.68 Å². The smallest absolute Gasteiger partial charge is 0.328 e. The molecule has 2 rings (SSSR count). The number of nitrogens with one attached hydrogen (secondary N) is 1. The Kier molecular flexibility index (Phi) is 6.38. The highest BCUT2D eigenvalue weighted by molar-refractivity contribution is 5.90. The van der Waals surface area contributed by atoms with Crippen LogP contribution >= 0.6 is 0 Å². The maximum atomic E-state index is 12.8. The summed E-state index contributed by atoms with van der Waals surface area (Å²) < 4.78 is 16.2. The first-order valence-electron chi connectivity index (χ1n) is 8.32. The van der Waals surface area contributed by atoms with Crippen LogP contribution in [0.4, 0.5) is 0 Å². The molecular weight excluding hydrogens is 354 g/mol. The molecule has 0 saturated heterocycles. The second-order valence-corrected chi connectivity index (χ2v) is 6.19. The molecule has 0 aliphatic rings. The van der Waals surface area contributed by atoms with Crippen molar-refractivity contribution in [3.8, 4) is 11.5 Å². The van der Waals surface area contributed by atoms with Gasteiger partial charge in [0.1, 0.15) is 12.6 Å². The summed E-state index contributed by atoms with van der Waals surface area (Å²) in [6.45, 7) is 3.20. The Bertz CT molecular complexity index is 906. The number of fused-ring (bicyclic) bond motifs is 1. The number of hydrogen-bond acceptors (Lipinski definition) is 7. The zero-order valence-electron chi connectivity index (χ0n) is 15.9. The van der Waals surface area contributed by atoms with E-state index in [9.17, 15) is 14.4 Å². The van der Waals surface area contributed by atoms with Crippen molar-refractivity contribution in [3.05, 3.63) is 28.7 Å². The van der Waals surface area contributed by atoms with Gasteiger partial charge in [-0.1, -0.05) is 13.8 Å². The quantitative estimate of drug-likeness (QED) is 0.709. The van der Waals surface area contributed by atoms with Crippen LogP contribution in [0.1, 0.15) is 13.8 Å². The van der Waals surface area contributed by atoms with Gasteiger partial charge in [0.25, 0.3) is 5.56 Å². The second-order valence-electron chi connectivity index (χ2n) is 6.19. The van der Waals surface area contributed by atoms with E-state index in [0.29, 0.717) is 11.1 Å². The molecule has 27 heavy (non-hydrogen) atoms. The largest absolute Gasteiger partial charge is 0.493 e. The second kappa shape index (κ2) is 8.52. The van der Waals surface area contributed by atoms with Gasteiger partial charge in [0.05, 0.1) is 32.9 Å². The van der Waals surface area contributed by atoms with Gasteiger partial charge in [-0.15, -0.1) is 0 Å². The zero-order chi connectivity index (χ0) is 20.1. The molecule has 0 spiro atoms. The minimum Gasteiger partial charge on any atom is -0.493 e. The van der Waals surface area contributed by atoms with Gasteiger partial charge in [0.2, 0.25) is 5.91 Å². The third-order valence-electron chi connectivity index (χ3n) is 4.09. The Labute approximate surface area is 156 Å². The van der Waals surface area contributed by atoms with Crippen molar-refractivity contribution in [2.75, 3.05) is 21.3 Å². The number of hydrogen-bond donors (Lipinski definition) is 1. The number of rotatable bonds is 7. The lowest BCUT2D eigenvalue weighted by Gasteiger charge is -2.20. The molecule has 0 bridgehead atoms. The summed E-state index contributed by atoms with van der Waals surface area (Å²) in [4.78, 5) is 36.9. The van der Waals surface area contributed by atoms with E-state index in [1.807, 2.05) is 0 Å². The fourth-order valence-corrected chi connectivity index (χ4v) is 2.68. The highest BCUT2D eigenvalue weighted by Gasteiger charge is 2.25. The number of ether oxygens (including phenoxy) is 3. The lowest BCUT2D eigenvalue weighted by atomic mass is 10.0. The Morgan fingerprint density at radius 2 is 1.89 bits per heavy atom. The van der Waals surface area contributed by atoms with Gasteiger partial charge in [-0.05, 0) is 18.1 Å². The van der Waals surface area contributed by atoms with Crippen LogP contribution in [0.2, 0.25) is 0 Å². The molecule has 0 aliphatic carbocycles. The molecule has 0 aliphatic heterocycles. The highest BCUT2D eigenvalue weighted by atomic mass is 16.5. The van der Waals surface area contributed by atoms with Crippen LogP contribution in [0.25, 0.3) is 10.8 Å². The molecule has 1 amide bonds. The van der Waals surface area contributed by atoms with Crippen molar-refractivity contribution in [1.82, 2.24) is 15.1 Å². The standard InChI is InChI=1S/C18H23N3O6/c1-10(2)15(18(24)27-5)20-13(22)9-21-17(23)14-11(8-19-21)6-7-12(25-3)16(14)26-4/h6-8,10,15H,9H2,1-5H3,(H,20,22)/t15-/m0/s1. The Morgan fingerprint density at radius 3 is 2.44 bits per heavy atom. The molecule has 9 nitrogen and oxygen atoms in total. The molecule has 1 N–H and O–H groups in total. The number of esters is 1. The van der Waals surface area contributed by atoms with E-state index < -0.39 is 23.5 Å². The van der Waals surface area contributed by atoms with Gasteiger partial charge in [-0.3, -0.25) is 9.59 Å². The SMILES string of the molecule is COC(=O)[C@@H](NC(=O)Cn1ncc2ccc(OC)c(OC)c2c1=O)C(C)C. The maximum absolute atomic E-state index is 12.8. The van der Waals surface area contributed by atoms with Crippen LogP contribution in [0.3, 0.4) is 0 Å². The van der Waals surface area contributed by atoms with E-state index in [1.165, 1.54) is 27.5 Å². The molecule has 0 fully saturated rings. The third-order valence-corrected chi connectivity index (χ3v) is 4.09. The van der Waals surface area contributed by atoms with Gasteiger partial charge in [0, 0.05) is 5.39 Å². The first kappa shape index (κ1) is 20.2. The molecule has 1 atom stereocenters. The average molecular weight is 377 g/mol.